The summed E-state index contributed by atoms with van der Waals surface area (Å²) in [7, 11) is 0. The van der Waals surface area contributed by atoms with Crippen molar-refractivity contribution in [1.82, 2.24) is 14.7 Å². The summed E-state index contributed by atoms with van der Waals surface area (Å²) in [4.78, 5) is 2.43. The highest BCUT2D eigenvalue weighted by Crippen LogP contribution is 2.27. The summed E-state index contributed by atoms with van der Waals surface area (Å²) in [6.07, 6.45) is 6.40. The van der Waals surface area contributed by atoms with Crippen LogP contribution in [0.5, 0.6) is 0 Å². The molecule has 1 N–H and O–H groups in total. The second-order valence-corrected chi connectivity index (χ2v) is 5.74. The minimum Gasteiger partial charge on any atom is -0.389 e. The van der Waals surface area contributed by atoms with Crippen molar-refractivity contribution < 1.29 is 5.11 Å². The molecule has 0 unspecified atom stereocenters. The van der Waals surface area contributed by atoms with Crippen LogP contribution in [-0.4, -0.2) is 44.5 Å². The predicted octanol–water partition coefficient (Wildman–Crippen LogP) is 1.68. The first kappa shape index (κ1) is 13.6. The lowest BCUT2D eigenvalue weighted by Gasteiger charge is -2.39. The lowest BCUT2D eigenvalue weighted by molar-refractivity contribution is -0.0271. The van der Waals surface area contributed by atoms with E-state index in [0.29, 0.717) is 6.04 Å². The Kier molecular flexibility index (Phi) is 4.07. The molecule has 18 heavy (non-hydrogen) atoms. The van der Waals surface area contributed by atoms with E-state index in [4.69, 9.17) is 0 Å². The third-order valence-electron chi connectivity index (χ3n) is 4.00. The van der Waals surface area contributed by atoms with Crippen molar-refractivity contribution in [2.75, 3.05) is 13.1 Å². The van der Waals surface area contributed by atoms with Gasteiger partial charge < -0.3 is 10.0 Å². The van der Waals surface area contributed by atoms with Crippen LogP contribution in [0.2, 0.25) is 0 Å². The third kappa shape index (κ3) is 3.12. The molecule has 1 aliphatic heterocycles. The van der Waals surface area contributed by atoms with E-state index in [-0.39, 0.29) is 0 Å². The molecule has 0 radical (unpaired) electrons. The van der Waals surface area contributed by atoms with E-state index in [1.54, 1.807) is 0 Å². The number of piperidine rings is 1. The Morgan fingerprint density at radius 3 is 2.56 bits per heavy atom. The average Bonchev–Trinajstić information content (AvgIpc) is 2.76. The molecule has 1 saturated heterocycles. The fraction of sp³-hybridized carbons (Fsp3) is 0.786. The summed E-state index contributed by atoms with van der Waals surface area (Å²) in [6, 6.07) is 0.581. The third-order valence-corrected chi connectivity index (χ3v) is 4.00. The Labute approximate surface area is 110 Å². The first-order chi connectivity index (χ1) is 8.52. The van der Waals surface area contributed by atoms with Crippen molar-refractivity contribution in [1.29, 1.82) is 0 Å². The van der Waals surface area contributed by atoms with E-state index in [2.05, 4.69) is 30.8 Å². The zero-order valence-corrected chi connectivity index (χ0v) is 11.8. The highest BCUT2D eigenvalue weighted by molar-refractivity contribution is 5.09. The Hall–Kier alpha value is -0.870. The number of rotatable bonds is 4. The van der Waals surface area contributed by atoms with Crippen molar-refractivity contribution >= 4 is 0 Å². The molecule has 2 rings (SSSR count). The summed E-state index contributed by atoms with van der Waals surface area (Å²) < 4.78 is 1.92. The average molecular weight is 251 g/mol. The fourth-order valence-corrected chi connectivity index (χ4v) is 2.68. The fourth-order valence-electron chi connectivity index (χ4n) is 2.68. The van der Waals surface area contributed by atoms with Gasteiger partial charge in [0.1, 0.15) is 0 Å². The van der Waals surface area contributed by atoms with Crippen LogP contribution in [0.25, 0.3) is 0 Å². The Morgan fingerprint density at radius 1 is 1.39 bits per heavy atom. The van der Waals surface area contributed by atoms with Gasteiger partial charge in [-0.2, -0.15) is 5.10 Å². The molecule has 4 heteroatoms. The van der Waals surface area contributed by atoms with Gasteiger partial charge in [0.15, 0.2) is 0 Å². The van der Waals surface area contributed by atoms with Gasteiger partial charge >= 0.3 is 0 Å². The number of aromatic nitrogens is 2. The van der Waals surface area contributed by atoms with Gasteiger partial charge in [-0.3, -0.25) is 4.68 Å². The SMILES string of the molecule is CCn1cc(CC2(O)CCN(C(C)C)CC2)cn1. The maximum atomic E-state index is 10.6. The van der Waals surface area contributed by atoms with Crippen molar-refractivity contribution in [2.45, 2.75) is 58.2 Å². The summed E-state index contributed by atoms with van der Waals surface area (Å²) in [5, 5.41) is 14.9. The minimum absolute atomic E-state index is 0.535. The molecule has 102 valence electrons. The van der Waals surface area contributed by atoms with Crippen LogP contribution in [-0.2, 0) is 13.0 Å². The Bertz CT molecular complexity index is 378. The molecule has 4 nitrogen and oxygen atoms in total. The summed E-state index contributed by atoms with van der Waals surface area (Å²) in [6.45, 7) is 9.39. The number of nitrogens with zero attached hydrogens (tertiary/aromatic N) is 3. The van der Waals surface area contributed by atoms with Crippen LogP contribution in [0.4, 0.5) is 0 Å². The minimum atomic E-state index is -0.535. The van der Waals surface area contributed by atoms with Gasteiger partial charge in [0, 0.05) is 38.3 Å². The maximum absolute atomic E-state index is 10.6. The monoisotopic (exact) mass is 251 g/mol. The van der Waals surface area contributed by atoms with Crippen LogP contribution in [0.15, 0.2) is 12.4 Å². The van der Waals surface area contributed by atoms with E-state index in [9.17, 15) is 5.11 Å². The molecule has 0 saturated carbocycles. The molecule has 0 amide bonds. The van der Waals surface area contributed by atoms with Gasteiger partial charge in [0.05, 0.1) is 11.8 Å². The van der Waals surface area contributed by atoms with Gasteiger partial charge in [-0.25, -0.2) is 0 Å². The lowest BCUT2D eigenvalue weighted by atomic mass is 9.86. The van der Waals surface area contributed by atoms with E-state index < -0.39 is 5.60 Å². The molecule has 1 aromatic rings. The van der Waals surface area contributed by atoms with Crippen LogP contribution in [0.1, 0.15) is 39.2 Å². The van der Waals surface area contributed by atoms with E-state index in [1.165, 1.54) is 0 Å². The molecular weight excluding hydrogens is 226 g/mol. The largest absolute Gasteiger partial charge is 0.389 e. The molecule has 2 heterocycles. The van der Waals surface area contributed by atoms with E-state index in [1.807, 2.05) is 17.1 Å². The first-order valence-electron chi connectivity index (χ1n) is 7.00. The molecule has 0 aromatic carbocycles. The first-order valence-corrected chi connectivity index (χ1v) is 7.00. The van der Waals surface area contributed by atoms with Gasteiger partial charge in [0.25, 0.3) is 0 Å². The molecule has 1 fully saturated rings. The molecule has 0 aliphatic carbocycles. The zero-order valence-electron chi connectivity index (χ0n) is 11.8. The van der Waals surface area contributed by atoms with E-state index >= 15 is 0 Å². The van der Waals surface area contributed by atoms with Gasteiger partial charge in [-0.1, -0.05) is 0 Å². The number of likely N-dealkylation sites (tertiary alicyclic amines) is 1. The molecule has 0 atom stereocenters. The van der Waals surface area contributed by atoms with Gasteiger partial charge in [0.2, 0.25) is 0 Å². The number of aryl methyl sites for hydroxylation is 1. The van der Waals surface area contributed by atoms with Crippen molar-refractivity contribution in [3.05, 3.63) is 18.0 Å². The predicted molar refractivity (Wildman–Crippen MR) is 72.5 cm³/mol. The summed E-state index contributed by atoms with van der Waals surface area (Å²) in [5.41, 5.74) is 0.616. The molecule has 0 spiro atoms. The van der Waals surface area contributed by atoms with Crippen molar-refractivity contribution in [2.24, 2.45) is 0 Å². The van der Waals surface area contributed by atoms with Gasteiger partial charge in [-0.05, 0) is 39.2 Å². The quantitative estimate of drug-likeness (QED) is 0.885. The molecule has 0 bridgehead atoms. The smallest absolute Gasteiger partial charge is 0.0713 e. The second-order valence-electron chi connectivity index (χ2n) is 5.74. The van der Waals surface area contributed by atoms with Gasteiger partial charge in [-0.15, -0.1) is 0 Å². The standard InChI is InChI=1S/C14H25N3O/c1-4-17-11-13(10-15-17)9-14(18)5-7-16(8-6-14)12(2)3/h10-12,18H,4-9H2,1-3H3. The van der Waals surface area contributed by atoms with Crippen molar-refractivity contribution in [3.63, 3.8) is 0 Å². The Morgan fingerprint density at radius 2 is 2.06 bits per heavy atom. The molecule has 1 aliphatic rings. The molecule has 1 aromatic heterocycles. The van der Waals surface area contributed by atoms with Crippen LogP contribution in [0.3, 0.4) is 0 Å². The zero-order chi connectivity index (χ0) is 13.2. The molecular formula is C14H25N3O. The van der Waals surface area contributed by atoms with Crippen LogP contribution < -0.4 is 0 Å². The normalized spacial score (nSPS) is 20.5. The Balaban J connectivity index is 1.93. The van der Waals surface area contributed by atoms with Crippen LogP contribution >= 0.6 is 0 Å². The second kappa shape index (κ2) is 5.41. The van der Waals surface area contributed by atoms with E-state index in [0.717, 1.165) is 44.5 Å². The highest BCUT2D eigenvalue weighted by atomic mass is 16.3. The highest BCUT2D eigenvalue weighted by Gasteiger charge is 2.33. The van der Waals surface area contributed by atoms with Crippen LogP contribution in [0, 0.1) is 0 Å². The lowest BCUT2D eigenvalue weighted by Crippen LogP contribution is -2.47. The number of aliphatic hydroxyl groups is 1. The van der Waals surface area contributed by atoms with Crippen molar-refractivity contribution in [3.8, 4) is 0 Å². The maximum Gasteiger partial charge on any atom is 0.0713 e. The summed E-state index contributed by atoms with van der Waals surface area (Å²) in [5.74, 6) is 0. The summed E-state index contributed by atoms with van der Waals surface area (Å²) >= 11 is 0. The number of hydrogen-bond acceptors (Lipinski definition) is 3. The number of hydrogen-bond donors (Lipinski definition) is 1. The topological polar surface area (TPSA) is 41.3 Å².